The van der Waals surface area contributed by atoms with Crippen LogP contribution < -0.4 is 15.0 Å². The fraction of sp³-hybridized carbons (Fsp3) is 0.333. The molecule has 1 fully saturated rings. The molecule has 0 spiro atoms. The molecule has 2 heterocycles. The molecule has 0 aliphatic carbocycles. The van der Waals surface area contributed by atoms with Crippen LogP contribution >= 0.6 is 11.3 Å². The van der Waals surface area contributed by atoms with Crippen molar-refractivity contribution in [1.82, 2.24) is 9.88 Å². The normalized spacial score (nSPS) is 14.4. The smallest absolute Gasteiger partial charge is 0.321 e. The fourth-order valence-corrected chi connectivity index (χ4v) is 4.43. The number of urea groups is 1. The predicted molar refractivity (Wildman–Crippen MR) is 115 cm³/mol. The van der Waals surface area contributed by atoms with Crippen molar-refractivity contribution in [3.63, 3.8) is 0 Å². The monoisotopic (exact) mass is 396 g/mol. The van der Waals surface area contributed by atoms with Gasteiger partial charge in [0, 0.05) is 37.9 Å². The van der Waals surface area contributed by atoms with E-state index < -0.39 is 0 Å². The number of carbonyl (C=O) groups is 1. The van der Waals surface area contributed by atoms with Crippen LogP contribution in [0, 0.1) is 13.8 Å². The van der Waals surface area contributed by atoms with E-state index >= 15 is 0 Å². The molecule has 146 valence electrons. The molecule has 0 radical (unpaired) electrons. The van der Waals surface area contributed by atoms with Gasteiger partial charge >= 0.3 is 6.03 Å². The van der Waals surface area contributed by atoms with E-state index in [-0.39, 0.29) is 6.03 Å². The van der Waals surface area contributed by atoms with E-state index in [4.69, 9.17) is 9.72 Å². The first-order chi connectivity index (χ1) is 13.5. The number of amides is 2. The molecule has 1 saturated heterocycles. The Morgan fingerprint density at radius 2 is 1.93 bits per heavy atom. The Morgan fingerprint density at radius 1 is 1.14 bits per heavy atom. The van der Waals surface area contributed by atoms with E-state index in [1.54, 1.807) is 18.4 Å². The number of carbonyl (C=O) groups excluding carboxylic acids is 1. The fourth-order valence-electron chi connectivity index (χ4n) is 3.35. The summed E-state index contributed by atoms with van der Waals surface area (Å²) in [5, 5.41) is 3.99. The number of hydrogen-bond donors (Lipinski definition) is 1. The molecule has 2 amide bonds. The second-order valence-corrected chi connectivity index (χ2v) is 8.00. The number of hydrogen-bond acceptors (Lipinski definition) is 5. The van der Waals surface area contributed by atoms with Crippen molar-refractivity contribution in [2.45, 2.75) is 13.8 Å². The summed E-state index contributed by atoms with van der Waals surface area (Å²) in [6, 6.07) is 11.6. The third kappa shape index (κ3) is 3.62. The van der Waals surface area contributed by atoms with Gasteiger partial charge in [0.05, 0.1) is 17.3 Å². The van der Waals surface area contributed by atoms with E-state index in [9.17, 15) is 4.79 Å². The third-order valence-electron chi connectivity index (χ3n) is 5.23. The molecule has 28 heavy (non-hydrogen) atoms. The molecule has 3 aromatic rings. The Morgan fingerprint density at radius 3 is 2.68 bits per heavy atom. The van der Waals surface area contributed by atoms with Gasteiger partial charge in [0.1, 0.15) is 5.75 Å². The summed E-state index contributed by atoms with van der Waals surface area (Å²) < 4.78 is 6.43. The minimum Gasteiger partial charge on any atom is -0.497 e. The van der Waals surface area contributed by atoms with Crippen molar-refractivity contribution in [3.05, 3.63) is 47.5 Å². The van der Waals surface area contributed by atoms with Gasteiger partial charge in [-0.05, 0) is 43.2 Å². The number of thiazole rings is 1. The van der Waals surface area contributed by atoms with Crippen LogP contribution in [0.4, 0.5) is 15.6 Å². The van der Waals surface area contributed by atoms with Crippen molar-refractivity contribution in [3.8, 4) is 5.75 Å². The van der Waals surface area contributed by atoms with Gasteiger partial charge in [0.15, 0.2) is 5.13 Å². The number of fused-ring (bicyclic) bond motifs is 1. The van der Waals surface area contributed by atoms with Crippen LogP contribution in [0.1, 0.15) is 11.1 Å². The van der Waals surface area contributed by atoms with Crippen molar-refractivity contribution in [2.24, 2.45) is 0 Å². The zero-order valence-corrected chi connectivity index (χ0v) is 17.2. The number of aryl methyl sites for hydroxylation is 2. The molecule has 1 aliphatic heterocycles. The zero-order valence-electron chi connectivity index (χ0n) is 16.4. The molecule has 7 heteroatoms. The van der Waals surface area contributed by atoms with Crippen molar-refractivity contribution < 1.29 is 9.53 Å². The lowest BCUT2D eigenvalue weighted by Crippen LogP contribution is -2.50. The summed E-state index contributed by atoms with van der Waals surface area (Å²) in [5.41, 5.74) is 4.35. The average Bonchev–Trinajstić information content (AvgIpc) is 3.16. The third-order valence-corrected chi connectivity index (χ3v) is 6.31. The van der Waals surface area contributed by atoms with Crippen molar-refractivity contribution >= 4 is 38.4 Å². The number of piperazine rings is 1. The van der Waals surface area contributed by atoms with E-state index in [0.29, 0.717) is 13.1 Å². The van der Waals surface area contributed by atoms with Crippen molar-refractivity contribution in [1.29, 1.82) is 0 Å². The summed E-state index contributed by atoms with van der Waals surface area (Å²) in [6.45, 7) is 7.15. The quantitative estimate of drug-likeness (QED) is 0.718. The molecule has 6 nitrogen and oxygen atoms in total. The maximum Gasteiger partial charge on any atom is 0.321 e. The molecule has 1 aromatic heterocycles. The standard InChI is InChI=1S/C21H24N4O2S/c1-14-7-8-18-19(15(14)2)23-21(28-18)25-11-9-24(10-12-25)20(26)22-16-5-4-6-17(13-16)27-3/h4-8,13H,9-12H2,1-3H3,(H,22,26). The SMILES string of the molecule is COc1cccc(NC(=O)N2CCN(c3nc4c(C)c(C)ccc4s3)CC2)c1. The van der Waals surface area contributed by atoms with Crippen LogP contribution in [0.25, 0.3) is 10.2 Å². The summed E-state index contributed by atoms with van der Waals surface area (Å²) >= 11 is 1.72. The maximum absolute atomic E-state index is 12.6. The number of nitrogens with zero attached hydrogens (tertiary/aromatic N) is 3. The van der Waals surface area contributed by atoms with E-state index in [0.717, 1.165) is 35.2 Å². The first-order valence-corrected chi connectivity index (χ1v) is 10.2. The minimum absolute atomic E-state index is 0.0799. The highest BCUT2D eigenvalue weighted by Crippen LogP contribution is 2.32. The molecule has 0 atom stereocenters. The summed E-state index contributed by atoms with van der Waals surface area (Å²) in [7, 11) is 1.62. The maximum atomic E-state index is 12.6. The number of aromatic nitrogens is 1. The Balaban J connectivity index is 1.40. The largest absolute Gasteiger partial charge is 0.497 e. The minimum atomic E-state index is -0.0799. The van der Waals surface area contributed by atoms with Gasteiger partial charge < -0.3 is 19.9 Å². The van der Waals surface area contributed by atoms with E-state index in [1.807, 2.05) is 29.2 Å². The lowest BCUT2D eigenvalue weighted by Gasteiger charge is -2.34. The number of nitrogens with one attached hydrogen (secondary N) is 1. The van der Waals surface area contributed by atoms with Crippen LogP contribution in [0.15, 0.2) is 36.4 Å². The number of rotatable bonds is 3. The van der Waals surface area contributed by atoms with Gasteiger partial charge in [-0.3, -0.25) is 0 Å². The predicted octanol–water partition coefficient (Wildman–Crippen LogP) is 4.28. The lowest BCUT2D eigenvalue weighted by atomic mass is 10.1. The first-order valence-electron chi connectivity index (χ1n) is 9.37. The number of methoxy groups -OCH3 is 1. The van der Waals surface area contributed by atoms with E-state index in [1.165, 1.54) is 15.8 Å². The van der Waals surface area contributed by atoms with Crippen molar-refractivity contribution in [2.75, 3.05) is 43.5 Å². The highest BCUT2D eigenvalue weighted by atomic mass is 32.1. The lowest BCUT2D eigenvalue weighted by molar-refractivity contribution is 0.208. The van der Waals surface area contributed by atoms with Crippen LogP contribution in [0.2, 0.25) is 0 Å². The summed E-state index contributed by atoms with van der Waals surface area (Å²) in [5.74, 6) is 0.726. The van der Waals surface area contributed by atoms with Gasteiger partial charge in [-0.15, -0.1) is 0 Å². The second-order valence-electron chi connectivity index (χ2n) is 6.99. The van der Waals surface area contributed by atoms with Gasteiger partial charge in [0.2, 0.25) is 0 Å². The van der Waals surface area contributed by atoms with Gasteiger partial charge in [-0.25, -0.2) is 9.78 Å². The topological polar surface area (TPSA) is 57.7 Å². The summed E-state index contributed by atoms with van der Waals surface area (Å²) in [4.78, 5) is 21.6. The second kappa shape index (κ2) is 7.67. The highest BCUT2D eigenvalue weighted by Gasteiger charge is 2.23. The first kappa shape index (κ1) is 18.6. The van der Waals surface area contributed by atoms with Crippen LogP contribution in [0.3, 0.4) is 0 Å². The van der Waals surface area contributed by atoms with Gasteiger partial charge in [0.25, 0.3) is 0 Å². The number of benzene rings is 2. The van der Waals surface area contributed by atoms with E-state index in [2.05, 4.69) is 36.2 Å². The van der Waals surface area contributed by atoms with Gasteiger partial charge in [-0.2, -0.15) is 0 Å². The summed E-state index contributed by atoms with van der Waals surface area (Å²) in [6.07, 6.45) is 0. The Bertz CT molecular complexity index is 1010. The molecular weight excluding hydrogens is 372 g/mol. The Kier molecular flexibility index (Phi) is 5.09. The molecule has 2 aromatic carbocycles. The molecule has 0 unspecified atom stereocenters. The Hall–Kier alpha value is -2.80. The molecule has 0 bridgehead atoms. The number of anilines is 2. The molecule has 1 aliphatic rings. The Labute approximate surface area is 168 Å². The van der Waals surface area contributed by atoms with Gasteiger partial charge in [-0.1, -0.05) is 23.5 Å². The molecule has 4 rings (SSSR count). The average molecular weight is 397 g/mol. The zero-order chi connectivity index (χ0) is 19.7. The van der Waals surface area contributed by atoms with Crippen LogP contribution in [0.5, 0.6) is 5.75 Å². The molecule has 1 N–H and O–H groups in total. The van der Waals surface area contributed by atoms with Crippen LogP contribution in [-0.4, -0.2) is 49.2 Å². The molecular formula is C21H24N4O2S. The van der Waals surface area contributed by atoms with Crippen LogP contribution in [-0.2, 0) is 0 Å². The molecule has 0 saturated carbocycles. The highest BCUT2D eigenvalue weighted by molar-refractivity contribution is 7.22. The number of ether oxygens (including phenoxy) is 1.